The van der Waals surface area contributed by atoms with E-state index in [9.17, 15) is 14.4 Å². The molecule has 0 radical (unpaired) electrons. The molecule has 0 aliphatic carbocycles. The lowest BCUT2D eigenvalue weighted by molar-refractivity contribution is 0.0948. The highest BCUT2D eigenvalue weighted by atomic mass is 16.5. The third-order valence-corrected chi connectivity index (χ3v) is 4.09. The van der Waals surface area contributed by atoms with E-state index < -0.39 is 17.2 Å². The van der Waals surface area contributed by atoms with Gasteiger partial charge in [0.15, 0.2) is 0 Å². The highest BCUT2D eigenvalue weighted by Gasteiger charge is 2.19. The average molecular weight is 385 g/mol. The number of aromatic nitrogens is 1. The molecular weight excluding hydrogens is 358 g/mol. The summed E-state index contributed by atoms with van der Waals surface area (Å²) in [4.78, 5) is 37.6. The number of amides is 2. The van der Waals surface area contributed by atoms with Gasteiger partial charge in [-0.25, -0.2) is 0 Å². The lowest BCUT2D eigenvalue weighted by atomic mass is 10.1. The first-order valence-electron chi connectivity index (χ1n) is 9.29. The van der Waals surface area contributed by atoms with Crippen molar-refractivity contribution in [1.82, 2.24) is 15.2 Å². The Hall–Kier alpha value is -3.09. The molecule has 7 heteroatoms. The lowest BCUT2D eigenvalue weighted by Crippen LogP contribution is -2.35. The van der Waals surface area contributed by atoms with E-state index in [1.54, 1.807) is 30.7 Å². The molecule has 1 aromatic carbocycles. The van der Waals surface area contributed by atoms with Crippen LogP contribution in [0.5, 0.6) is 5.75 Å². The molecule has 0 aliphatic rings. The molecule has 0 saturated carbocycles. The van der Waals surface area contributed by atoms with Crippen molar-refractivity contribution < 1.29 is 14.3 Å². The SMILES string of the molecule is CCNC(=O)c1cn(CC(C)C)cc(C(=O)NCc2ccc(OC)cc2)c1=O. The van der Waals surface area contributed by atoms with Crippen molar-refractivity contribution in [1.29, 1.82) is 0 Å². The fraction of sp³-hybridized carbons (Fsp3) is 0.381. The second-order valence-corrected chi connectivity index (χ2v) is 6.90. The standard InChI is InChI=1S/C21H27N3O4/c1-5-22-20(26)17-12-24(11-14(2)3)13-18(19(17)25)21(27)23-10-15-6-8-16(28-4)9-7-15/h6-9,12-14H,5,10-11H2,1-4H3,(H,22,26)(H,23,27). The molecule has 1 aromatic heterocycles. The average Bonchev–Trinajstić information content (AvgIpc) is 2.67. The van der Waals surface area contributed by atoms with Gasteiger partial charge in [-0.05, 0) is 30.5 Å². The number of hydrogen-bond donors (Lipinski definition) is 2. The molecule has 0 spiro atoms. The van der Waals surface area contributed by atoms with Crippen LogP contribution in [0.15, 0.2) is 41.5 Å². The van der Waals surface area contributed by atoms with Crippen LogP contribution in [-0.2, 0) is 13.1 Å². The van der Waals surface area contributed by atoms with Gasteiger partial charge in [0.05, 0.1) is 7.11 Å². The van der Waals surface area contributed by atoms with Gasteiger partial charge >= 0.3 is 0 Å². The van der Waals surface area contributed by atoms with E-state index in [4.69, 9.17) is 4.74 Å². The second-order valence-electron chi connectivity index (χ2n) is 6.90. The Morgan fingerprint density at radius 2 is 1.61 bits per heavy atom. The van der Waals surface area contributed by atoms with E-state index >= 15 is 0 Å². The van der Waals surface area contributed by atoms with Gasteiger partial charge in [-0.15, -0.1) is 0 Å². The molecule has 2 amide bonds. The van der Waals surface area contributed by atoms with Crippen molar-refractivity contribution in [2.75, 3.05) is 13.7 Å². The largest absolute Gasteiger partial charge is 0.497 e. The number of methoxy groups -OCH3 is 1. The summed E-state index contributed by atoms with van der Waals surface area (Å²) in [6.45, 7) is 7.07. The van der Waals surface area contributed by atoms with Gasteiger partial charge in [-0.3, -0.25) is 14.4 Å². The van der Waals surface area contributed by atoms with Crippen LogP contribution in [0.4, 0.5) is 0 Å². The predicted octanol–water partition coefficient (Wildman–Crippen LogP) is 2.19. The van der Waals surface area contributed by atoms with Crippen molar-refractivity contribution in [2.24, 2.45) is 5.92 Å². The highest BCUT2D eigenvalue weighted by Crippen LogP contribution is 2.11. The molecule has 0 unspecified atom stereocenters. The maximum Gasteiger partial charge on any atom is 0.257 e. The van der Waals surface area contributed by atoms with Crippen molar-refractivity contribution >= 4 is 11.8 Å². The molecule has 150 valence electrons. The van der Waals surface area contributed by atoms with Crippen LogP contribution in [0.1, 0.15) is 47.1 Å². The summed E-state index contributed by atoms with van der Waals surface area (Å²) in [6.07, 6.45) is 3.02. The second kappa shape index (κ2) is 9.73. The molecule has 0 atom stereocenters. The molecule has 28 heavy (non-hydrogen) atoms. The minimum Gasteiger partial charge on any atom is -0.497 e. The number of ether oxygens (including phenoxy) is 1. The minimum atomic E-state index is -0.571. The number of rotatable bonds is 8. The maximum atomic E-state index is 12.7. The van der Waals surface area contributed by atoms with Crippen LogP contribution in [0, 0.1) is 5.92 Å². The van der Waals surface area contributed by atoms with Gasteiger partial charge < -0.3 is 19.9 Å². The third kappa shape index (κ3) is 5.45. The topological polar surface area (TPSA) is 89.4 Å². The minimum absolute atomic E-state index is 0.0282. The van der Waals surface area contributed by atoms with Crippen molar-refractivity contribution in [3.63, 3.8) is 0 Å². The molecule has 0 bridgehead atoms. The Bertz CT molecular complexity index is 886. The smallest absolute Gasteiger partial charge is 0.257 e. The molecular formula is C21H27N3O4. The van der Waals surface area contributed by atoms with Gasteiger partial charge in [-0.1, -0.05) is 26.0 Å². The fourth-order valence-corrected chi connectivity index (χ4v) is 2.76. The number of hydrogen-bond acceptors (Lipinski definition) is 4. The monoisotopic (exact) mass is 385 g/mol. The first-order valence-corrected chi connectivity index (χ1v) is 9.29. The first kappa shape index (κ1) is 21.2. The molecule has 7 nitrogen and oxygen atoms in total. The Balaban J connectivity index is 2.27. The lowest BCUT2D eigenvalue weighted by Gasteiger charge is -2.14. The zero-order valence-corrected chi connectivity index (χ0v) is 16.7. The van der Waals surface area contributed by atoms with E-state index in [-0.39, 0.29) is 17.7 Å². The zero-order chi connectivity index (χ0) is 20.7. The zero-order valence-electron chi connectivity index (χ0n) is 16.7. The van der Waals surface area contributed by atoms with Gasteiger partial charge in [0.25, 0.3) is 11.8 Å². The Morgan fingerprint density at radius 3 is 2.11 bits per heavy atom. The maximum absolute atomic E-state index is 12.7. The summed E-state index contributed by atoms with van der Waals surface area (Å²) in [5, 5.41) is 5.37. The summed E-state index contributed by atoms with van der Waals surface area (Å²) in [7, 11) is 1.58. The number of carbonyl (C=O) groups excluding carboxylic acids is 2. The van der Waals surface area contributed by atoms with Crippen LogP contribution in [0.3, 0.4) is 0 Å². The molecule has 0 aliphatic heterocycles. The Morgan fingerprint density at radius 1 is 1.04 bits per heavy atom. The van der Waals surface area contributed by atoms with Crippen LogP contribution in [-0.4, -0.2) is 30.0 Å². The Kier molecular flexibility index (Phi) is 7.37. The quantitative estimate of drug-likeness (QED) is 0.729. The number of benzene rings is 1. The van der Waals surface area contributed by atoms with Crippen LogP contribution in [0.25, 0.3) is 0 Å². The summed E-state index contributed by atoms with van der Waals surface area (Å²) < 4.78 is 6.83. The fourth-order valence-electron chi connectivity index (χ4n) is 2.76. The highest BCUT2D eigenvalue weighted by molar-refractivity contribution is 5.99. The third-order valence-electron chi connectivity index (χ3n) is 4.09. The number of nitrogens with one attached hydrogen (secondary N) is 2. The van der Waals surface area contributed by atoms with E-state index in [0.29, 0.717) is 19.0 Å². The summed E-state index contributed by atoms with van der Waals surface area (Å²) in [5.41, 5.74) is 0.229. The molecule has 2 N–H and O–H groups in total. The number of pyridine rings is 1. The van der Waals surface area contributed by atoms with Crippen LogP contribution in [0.2, 0.25) is 0 Å². The van der Waals surface area contributed by atoms with Crippen molar-refractivity contribution in [3.8, 4) is 5.75 Å². The van der Waals surface area contributed by atoms with Gasteiger partial charge in [0.1, 0.15) is 16.9 Å². The molecule has 0 saturated heterocycles. The van der Waals surface area contributed by atoms with E-state index in [1.165, 1.54) is 12.4 Å². The van der Waals surface area contributed by atoms with E-state index in [2.05, 4.69) is 10.6 Å². The summed E-state index contributed by atoms with van der Waals surface area (Å²) in [5.74, 6) is 0.0281. The number of carbonyl (C=O) groups is 2. The first-order chi connectivity index (χ1) is 13.3. The normalized spacial score (nSPS) is 10.6. The van der Waals surface area contributed by atoms with E-state index in [0.717, 1.165) is 11.3 Å². The van der Waals surface area contributed by atoms with Gasteiger partial charge in [-0.2, -0.15) is 0 Å². The summed E-state index contributed by atoms with van der Waals surface area (Å²) >= 11 is 0. The van der Waals surface area contributed by atoms with Gasteiger partial charge in [0, 0.05) is 32.0 Å². The van der Waals surface area contributed by atoms with Gasteiger partial charge in [0.2, 0.25) is 5.43 Å². The molecule has 1 heterocycles. The predicted molar refractivity (Wildman–Crippen MR) is 108 cm³/mol. The van der Waals surface area contributed by atoms with Crippen molar-refractivity contribution in [3.05, 3.63) is 63.6 Å². The summed E-state index contributed by atoms with van der Waals surface area (Å²) in [6, 6.07) is 7.27. The van der Waals surface area contributed by atoms with Crippen LogP contribution < -0.4 is 20.8 Å². The van der Waals surface area contributed by atoms with E-state index in [1.807, 2.05) is 26.0 Å². The van der Waals surface area contributed by atoms with Crippen LogP contribution >= 0.6 is 0 Å². The molecule has 2 rings (SSSR count). The molecule has 0 fully saturated rings. The Labute approximate surface area is 164 Å². The van der Waals surface area contributed by atoms with Crippen molar-refractivity contribution in [2.45, 2.75) is 33.9 Å². The molecule has 2 aromatic rings. The number of nitrogens with zero attached hydrogens (tertiary/aromatic N) is 1.